The van der Waals surface area contributed by atoms with Gasteiger partial charge in [-0.2, -0.15) is 0 Å². The van der Waals surface area contributed by atoms with Gasteiger partial charge in [0.25, 0.3) is 0 Å². The number of esters is 1. The number of methoxy groups -OCH3 is 2. The molecule has 4 aromatic rings. The fourth-order valence-electron chi connectivity index (χ4n) is 3.65. The van der Waals surface area contributed by atoms with Crippen LogP contribution >= 0.6 is 11.3 Å². The van der Waals surface area contributed by atoms with Crippen LogP contribution in [0.5, 0.6) is 11.5 Å². The van der Waals surface area contributed by atoms with Gasteiger partial charge in [-0.05, 0) is 53.5 Å². The predicted molar refractivity (Wildman–Crippen MR) is 147 cm³/mol. The Bertz CT molecular complexity index is 1430. The summed E-state index contributed by atoms with van der Waals surface area (Å²) in [5.74, 6) is 0.297. The summed E-state index contributed by atoms with van der Waals surface area (Å²) >= 11 is 1.32. The van der Waals surface area contributed by atoms with E-state index in [9.17, 15) is 9.59 Å². The molecule has 0 unspecified atom stereocenters. The van der Waals surface area contributed by atoms with Crippen LogP contribution < -0.4 is 14.8 Å². The molecule has 0 saturated carbocycles. The molecule has 188 valence electrons. The first-order valence-electron chi connectivity index (χ1n) is 11.6. The minimum Gasteiger partial charge on any atom is -0.493 e. The fraction of sp³-hybridized carbons (Fsp3) is 0.133. The molecule has 0 atom stereocenters. The van der Waals surface area contributed by atoms with Gasteiger partial charge in [0.05, 0.1) is 19.8 Å². The third kappa shape index (κ3) is 6.45. The van der Waals surface area contributed by atoms with Gasteiger partial charge < -0.3 is 19.5 Å². The van der Waals surface area contributed by atoms with Crippen LogP contribution in [0.25, 0.3) is 16.5 Å². The fourth-order valence-corrected chi connectivity index (χ4v) is 4.70. The van der Waals surface area contributed by atoms with E-state index in [1.165, 1.54) is 24.5 Å². The molecule has 1 N–H and O–H groups in total. The van der Waals surface area contributed by atoms with Crippen LogP contribution in [0.4, 0.5) is 5.00 Å². The van der Waals surface area contributed by atoms with Crippen molar-refractivity contribution in [2.45, 2.75) is 13.5 Å². The molecular formula is C30H27NO5S. The minimum atomic E-state index is -0.510. The van der Waals surface area contributed by atoms with E-state index in [2.05, 4.69) is 5.32 Å². The summed E-state index contributed by atoms with van der Waals surface area (Å²) in [5.41, 5.74) is 4.28. The second-order valence-corrected chi connectivity index (χ2v) is 9.21. The van der Waals surface area contributed by atoms with Crippen LogP contribution in [0.15, 0.2) is 84.9 Å². The summed E-state index contributed by atoms with van der Waals surface area (Å²) in [6, 6.07) is 24.9. The van der Waals surface area contributed by atoms with E-state index in [-0.39, 0.29) is 5.91 Å². The van der Waals surface area contributed by atoms with Crippen molar-refractivity contribution >= 4 is 34.3 Å². The molecule has 6 nitrogen and oxygen atoms in total. The normalized spacial score (nSPS) is 10.8. The van der Waals surface area contributed by atoms with Crippen molar-refractivity contribution in [3.8, 4) is 21.9 Å². The van der Waals surface area contributed by atoms with Gasteiger partial charge in [0.1, 0.15) is 11.6 Å². The second kappa shape index (κ2) is 12.1. The summed E-state index contributed by atoms with van der Waals surface area (Å²) in [6.07, 6.45) is 3.08. The van der Waals surface area contributed by atoms with Gasteiger partial charge in [-0.1, -0.05) is 60.7 Å². The second-order valence-electron chi connectivity index (χ2n) is 8.16. The molecule has 0 aliphatic heterocycles. The van der Waals surface area contributed by atoms with Gasteiger partial charge in [-0.15, -0.1) is 11.3 Å². The van der Waals surface area contributed by atoms with E-state index in [0.717, 1.165) is 27.1 Å². The van der Waals surface area contributed by atoms with Crippen LogP contribution in [0.2, 0.25) is 0 Å². The molecule has 7 heteroatoms. The monoisotopic (exact) mass is 513 g/mol. The zero-order valence-corrected chi connectivity index (χ0v) is 21.6. The van der Waals surface area contributed by atoms with Gasteiger partial charge in [-0.25, -0.2) is 4.79 Å². The number of ether oxygens (including phenoxy) is 3. The molecule has 0 spiro atoms. The Morgan fingerprint density at radius 1 is 0.919 bits per heavy atom. The topological polar surface area (TPSA) is 73.9 Å². The SMILES string of the molecule is COC(=O)c1cc(-c2ccccc2)sc1NC(=O)C=Cc1ccc(OCc2ccccc2C)c(OC)c1. The highest BCUT2D eigenvalue weighted by molar-refractivity contribution is 7.20. The number of nitrogens with one attached hydrogen (secondary N) is 1. The van der Waals surface area contributed by atoms with Gasteiger partial charge in [0, 0.05) is 11.0 Å². The lowest BCUT2D eigenvalue weighted by Gasteiger charge is -2.12. The molecule has 1 amide bonds. The van der Waals surface area contributed by atoms with Crippen LogP contribution in [0.3, 0.4) is 0 Å². The molecule has 0 radical (unpaired) electrons. The third-order valence-electron chi connectivity index (χ3n) is 5.69. The zero-order chi connectivity index (χ0) is 26.2. The number of anilines is 1. The molecule has 3 aromatic carbocycles. The molecule has 0 aliphatic carbocycles. The average Bonchev–Trinajstić information content (AvgIpc) is 3.35. The average molecular weight is 514 g/mol. The molecule has 1 heterocycles. The van der Waals surface area contributed by atoms with Gasteiger partial charge in [0.2, 0.25) is 5.91 Å². The molecule has 0 aliphatic rings. The third-order valence-corrected chi connectivity index (χ3v) is 6.79. The lowest BCUT2D eigenvalue weighted by Crippen LogP contribution is -2.10. The Hall–Kier alpha value is -4.36. The number of benzene rings is 3. The number of carbonyl (C=O) groups excluding carboxylic acids is 2. The molecule has 0 bridgehead atoms. The number of hydrogen-bond acceptors (Lipinski definition) is 6. The smallest absolute Gasteiger partial charge is 0.340 e. The Morgan fingerprint density at radius 3 is 2.41 bits per heavy atom. The van der Waals surface area contributed by atoms with E-state index >= 15 is 0 Å². The van der Waals surface area contributed by atoms with E-state index < -0.39 is 5.97 Å². The van der Waals surface area contributed by atoms with Crippen LogP contribution in [0, 0.1) is 6.92 Å². The number of carbonyl (C=O) groups is 2. The standard InChI is InChI=1S/C30H27NO5S/c1-20-9-7-8-12-23(20)19-36-25-15-13-21(17-26(25)34-2)14-16-28(32)31-29-24(30(33)35-3)18-27(37-29)22-10-5-4-6-11-22/h4-18H,19H2,1-3H3,(H,31,32). The molecule has 37 heavy (non-hydrogen) atoms. The van der Waals surface area contributed by atoms with E-state index in [1.54, 1.807) is 25.3 Å². The number of hydrogen-bond donors (Lipinski definition) is 1. The van der Waals surface area contributed by atoms with Gasteiger partial charge >= 0.3 is 5.97 Å². The maximum Gasteiger partial charge on any atom is 0.340 e. The van der Waals surface area contributed by atoms with Crippen LogP contribution in [0.1, 0.15) is 27.0 Å². The number of thiophene rings is 1. The zero-order valence-electron chi connectivity index (χ0n) is 20.8. The van der Waals surface area contributed by atoms with Crippen molar-refractivity contribution in [2.24, 2.45) is 0 Å². The number of aryl methyl sites for hydroxylation is 1. The first kappa shape index (κ1) is 25.7. The molecule has 0 saturated heterocycles. The van der Waals surface area contributed by atoms with Crippen LogP contribution in [-0.4, -0.2) is 26.1 Å². The van der Waals surface area contributed by atoms with E-state index in [1.807, 2.05) is 73.7 Å². The van der Waals surface area contributed by atoms with Crippen molar-refractivity contribution in [1.82, 2.24) is 0 Å². The summed E-state index contributed by atoms with van der Waals surface area (Å²) in [6.45, 7) is 2.47. The summed E-state index contributed by atoms with van der Waals surface area (Å²) in [5, 5.41) is 3.23. The van der Waals surface area contributed by atoms with Crippen molar-refractivity contribution in [3.63, 3.8) is 0 Å². The maximum absolute atomic E-state index is 12.7. The number of amides is 1. The molecule has 1 aromatic heterocycles. The van der Waals surface area contributed by atoms with E-state index in [0.29, 0.717) is 28.7 Å². The van der Waals surface area contributed by atoms with Gasteiger partial charge in [-0.3, -0.25) is 4.79 Å². The highest BCUT2D eigenvalue weighted by atomic mass is 32.1. The summed E-state index contributed by atoms with van der Waals surface area (Å²) in [7, 11) is 2.89. The molecular weight excluding hydrogens is 486 g/mol. The van der Waals surface area contributed by atoms with Gasteiger partial charge in [0.15, 0.2) is 11.5 Å². The van der Waals surface area contributed by atoms with Crippen LogP contribution in [-0.2, 0) is 16.1 Å². The molecule has 4 rings (SSSR count). The molecule has 0 fully saturated rings. The van der Waals surface area contributed by atoms with Crippen molar-refractivity contribution in [2.75, 3.05) is 19.5 Å². The quantitative estimate of drug-likeness (QED) is 0.198. The Morgan fingerprint density at radius 2 is 1.68 bits per heavy atom. The Balaban J connectivity index is 1.46. The lowest BCUT2D eigenvalue weighted by atomic mass is 10.1. The van der Waals surface area contributed by atoms with Crippen molar-refractivity contribution in [3.05, 3.63) is 107 Å². The van der Waals surface area contributed by atoms with Crippen molar-refractivity contribution < 1.29 is 23.8 Å². The maximum atomic E-state index is 12.7. The number of rotatable bonds is 9. The first-order chi connectivity index (χ1) is 18.0. The van der Waals surface area contributed by atoms with E-state index in [4.69, 9.17) is 14.2 Å². The minimum absolute atomic E-state index is 0.310. The Kier molecular flexibility index (Phi) is 8.38. The predicted octanol–water partition coefficient (Wildman–Crippen LogP) is 6.75. The summed E-state index contributed by atoms with van der Waals surface area (Å²) < 4.78 is 16.4. The Labute approximate surface area is 220 Å². The van der Waals surface area contributed by atoms with Crippen molar-refractivity contribution in [1.29, 1.82) is 0 Å². The lowest BCUT2D eigenvalue weighted by molar-refractivity contribution is -0.111. The highest BCUT2D eigenvalue weighted by Gasteiger charge is 2.18. The largest absolute Gasteiger partial charge is 0.493 e. The summed E-state index contributed by atoms with van der Waals surface area (Å²) in [4.78, 5) is 25.9. The highest BCUT2D eigenvalue weighted by Crippen LogP contribution is 2.36. The first-order valence-corrected chi connectivity index (χ1v) is 12.4.